The van der Waals surface area contributed by atoms with Crippen molar-refractivity contribution in [3.63, 3.8) is 0 Å². The van der Waals surface area contributed by atoms with E-state index in [4.69, 9.17) is 0 Å². The first-order chi connectivity index (χ1) is 14.0. The molecule has 0 saturated heterocycles. The maximum Gasteiger partial charge on any atom is 0.130 e. The molecule has 0 spiro atoms. The van der Waals surface area contributed by atoms with E-state index in [0.29, 0.717) is 12.1 Å². The van der Waals surface area contributed by atoms with Crippen molar-refractivity contribution in [1.82, 2.24) is 4.90 Å². The Labute approximate surface area is 173 Å². The van der Waals surface area contributed by atoms with Crippen molar-refractivity contribution >= 4 is 28.2 Å². The second-order valence-electron chi connectivity index (χ2n) is 8.72. The Hall–Kier alpha value is -2.78. The molecule has 148 valence electrons. The van der Waals surface area contributed by atoms with E-state index in [2.05, 4.69) is 110 Å². The standard InChI is InChI=1S/C26H29N3/c1-17(2)28(18(3)4)16-21-15-20-9-5-6-12-22(20)26-27-23-13-7-10-19-11-8-14-24(25(19)23)29(21)26/h5-15,17-18,26-27H,16H2,1-4H3. The van der Waals surface area contributed by atoms with E-state index in [1.54, 1.807) is 0 Å². The van der Waals surface area contributed by atoms with Crippen molar-refractivity contribution in [2.45, 2.75) is 45.9 Å². The van der Waals surface area contributed by atoms with Crippen molar-refractivity contribution in [1.29, 1.82) is 0 Å². The summed E-state index contributed by atoms with van der Waals surface area (Å²) < 4.78 is 0. The minimum Gasteiger partial charge on any atom is -0.361 e. The molecule has 1 unspecified atom stereocenters. The third-order valence-electron chi connectivity index (χ3n) is 6.29. The normalized spacial score (nSPS) is 17.4. The highest BCUT2D eigenvalue weighted by molar-refractivity contribution is 6.06. The topological polar surface area (TPSA) is 18.5 Å². The molecule has 3 heteroatoms. The Bertz CT molecular complexity index is 1080. The van der Waals surface area contributed by atoms with Crippen molar-refractivity contribution in [2.75, 3.05) is 16.8 Å². The van der Waals surface area contributed by atoms with Crippen LogP contribution in [0.3, 0.4) is 0 Å². The van der Waals surface area contributed by atoms with Crippen molar-refractivity contribution in [3.8, 4) is 0 Å². The van der Waals surface area contributed by atoms with Gasteiger partial charge >= 0.3 is 0 Å². The molecule has 3 nitrogen and oxygen atoms in total. The number of hydrogen-bond acceptors (Lipinski definition) is 3. The molecule has 0 fully saturated rings. The fourth-order valence-electron chi connectivity index (χ4n) is 4.94. The lowest BCUT2D eigenvalue weighted by Gasteiger charge is -2.46. The number of anilines is 2. The zero-order valence-electron chi connectivity index (χ0n) is 17.7. The van der Waals surface area contributed by atoms with Crippen LogP contribution in [0.1, 0.15) is 45.0 Å². The van der Waals surface area contributed by atoms with E-state index < -0.39 is 0 Å². The molecule has 5 rings (SSSR count). The van der Waals surface area contributed by atoms with Crippen LogP contribution in [0.25, 0.3) is 16.8 Å². The molecule has 2 aliphatic rings. The van der Waals surface area contributed by atoms with Gasteiger partial charge in [-0.15, -0.1) is 0 Å². The monoisotopic (exact) mass is 383 g/mol. The first kappa shape index (κ1) is 18.3. The molecule has 29 heavy (non-hydrogen) atoms. The maximum absolute atomic E-state index is 3.85. The highest BCUT2D eigenvalue weighted by Gasteiger charge is 2.35. The van der Waals surface area contributed by atoms with Gasteiger partial charge in [0.1, 0.15) is 6.17 Å². The highest BCUT2D eigenvalue weighted by atomic mass is 15.3. The summed E-state index contributed by atoms with van der Waals surface area (Å²) >= 11 is 0. The molecule has 0 amide bonds. The van der Waals surface area contributed by atoms with Crippen LogP contribution in [-0.2, 0) is 0 Å². The van der Waals surface area contributed by atoms with Gasteiger partial charge in [-0.05, 0) is 56.9 Å². The third-order valence-corrected chi connectivity index (χ3v) is 6.29. The Balaban J connectivity index is 1.71. The van der Waals surface area contributed by atoms with Crippen LogP contribution in [0, 0.1) is 0 Å². The third kappa shape index (κ3) is 2.92. The van der Waals surface area contributed by atoms with E-state index in [0.717, 1.165) is 6.54 Å². The van der Waals surface area contributed by atoms with Gasteiger partial charge in [-0.25, -0.2) is 0 Å². The number of benzene rings is 3. The molecule has 2 aliphatic heterocycles. The van der Waals surface area contributed by atoms with Crippen LogP contribution in [0.5, 0.6) is 0 Å². The summed E-state index contributed by atoms with van der Waals surface area (Å²) in [7, 11) is 0. The van der Waals surface area contributed by atoms with Gasteiger partial charge in [0.25, 0.3) is 0 Å². The van der Waals surface area contributed by atoms with E-state index in [1.807, 2.05) is 0 Å². The van der Waals surface area contributed by atoms with Crippen LogP contribution in [0.15, 0.2) is 66.4 Å². The van der Waals surface area contributed by atoms with Crippen LogP contribution >= 0.6 is 0 Å². The average Bonchev–Trinajstić information content (AvgIpc) is 2.71. The number of nitrogens with one attached hydrogen (secondary N) is 1. The predicted octanol–water partition coefficient (Wildman–Crippen LogP) is 6.24. The summed E-state index contributed by atoms with van der Waals surface area (Å²) in [6, 6.07) is 23.0. The minimum atomic E-state index is 0.118. The van der Waals surface area contributed by atoms with Gasteiger partial charge in [-0.3, -0.25) is 4.90 Å². The zero-order valence-corrected chi connectivity index (χ0v) is 17.7. The summed E-state index contributed by atoms with van der Waals surface area (Å²) in [5.41, 5.74) is 6.53. The van der Waals surface area contributed by atoms with Gasteiger partial charge in [0, 0.05) is 41.0 Å². The molecule has 0 aliphatic carbocycles. The number of nitrogens with zero attached hydrogens (tertiary/aromatic N) is 2. The fourth-order valence-corrected chi connectivity index (χ4v) is 4.94. The summed E-state index contributed by atoms with van der Waals surface area (Å²) in [6.45, 7) is 10.1. The highest BCUT2D eigenvalue weighted by Crippen LogP contribution is 2.47. The van der Waals surface area contributed by atoms with Crippen molar-refractivity contribution in [2.24, 2.45) is 0 Å². The molecule has 3 aromatic rings. The van der Waals surface area contributed by atoms with Gasteiger partial charge in [0.15, 0.2) is 0 Å². The summed E-state index contributed by atoms with van der Waals surface area (Å²) in [4.78, 5) is 5.09. The van der Waals surface area contributed by atoms with E-state index >= 15 is 0 Å². The molecule has 1 atom stereocenters. The minimum absolute atomic E-state index is 0.118. The van der Waals surface area contributed by atoms with Gasteiger partial charge in [0.2, 0.25) is 0 Å². The van der Waals surface area contributed by atoms with Gasteiger partial charge in [-0.2, -0.15) is 0 Å². The Morgan fingerprint density at radius 1 is 0.897 bits per heavy atom. The second-order valence-corrected chi connectivity index (χ2v) is 8.72. The smallest absolute Gasteiger partial charge is 0.130 e. The first-order valence-corrected chi connectivity index (χ1v) is 10.7. The number of rotatable bonds is 4. The first-order valence-electron chi connectivity index (χ1n) is 10.7. The molecule has 2 heterocycles. The Morgan fingerprint density at radius 2 is 1.62 bits per heavy atom. The lowest BCUT2D eigenvalue weighted by Crippen LogP contribution is -2.45. The van der Waals surface area contributed by atoms with Gasteiger partial charge in [0.05, 0.1) is 5.69 Å². The van der Waals surface area contributed by atoms with E-state index in [1.165, 1.54) is 39.0 Å². The zero-order chi connectivity index (χ0) is 20.1. The van der Waals surface area contributed by atoms with Crippen LogP contribution in [-0.4, -0.2) is 23.5 Å². The fraction of sp³-hybridized carbons (Fsp3) is 0.308. The molecular formula is C26H29N3. The number of fused-ring (bicyclic) bond motifs is 4. The molecule has 0 bridgehead atoms. The van der Waals surface area contributed by atoms with Gasteiger partial charge < -0.3 is 10.2 Å². The van der Waals surface area contributed by atoms with E-state index in [9.17, 15) is 0 Å². The lowest BCUT2D eigenvalue weighted by molar-refractivity contribution is 0.190. The molecule has 0 radical (unpaired) electrons. The lowest BCUT2D eigenvalue weighted by atomic mass is 9.93. The molecular weight excluding hydrogens is 354 g/mol. The molecule has 1 N–H and O–H groups in total. The average molecular weight is 384 g/mol. The van der Waals surface area contributed by atoms with E-state index in [-0.39, 0.29) is 6.17 Å². The quantitative estimate of drug-likeness (QED) is 0.575. The predicted molar refractivity (Wildman–Crippen MR) is 124 cm³/mol. The molecule has 0 aromatic heterocycles. The summed E-state index contributed by atoms with van der Waals surface area (Å²) in [5, 5.41) is 6.45. The largest absolute Gasteiger partial charge is 0.361 e. The van der Waals surface area contributed by atoms with Crippen molar-refractivity contribution in [3.05, 3.63) is 77.5 Å². The van der Waals surface area contributed by atoms with Gasteiger partial charge in [-0.1, -0.05) is 48.5 Å². The van der Waals surface area contributed by atoms with Crippen LogP contribution < -0.4 is 10.2 Å². The SMILES string of the molecule is CC(C)N(CC1=Cc2ccccc2C2Nc3cccc4cccc(c34)N12)C(C)C. The molecule has 3 aromatic carbocycles. The van der Waals surface area contributed by atoms with Crippen molar-refractivity contribution < 1.29 is 0 Å². The number of hydrogen-bond donors (Lipinski definition) is 1. The van der Waals surface area contributed by atoms with Crippen LogP contribution in [0.2, 0.25) is 0 Å². The maximum atomic E-state index is 3.85. The summed E-state index contributed by atoms with van der Waals surface area (Å²) in [5.74, 6) is 0. The molecule has 0 saturated carbocycles. The Kier molecular flexibility index (Phi) is 4.36. The second kappa shape index (κ2) is 6.93. The van der Waals surface area contributed by atoms with Crippen LogP contribution in [0.4, 0.5) is 11.4 Å². The summed E-state index contributed by atoms with van der Waals surface area (Å²) in [6.07, 6.45) is 2.51. The Morgan fingerprint density at radius 3 is 2.38 bits per heavy atom.